The number of aromatic nitrogens is 2. The fourth-order valence-corrected chi connectivity index (χ4v) is 4.17. The van der Waals surface area contributed by atoms with Gasteiger partial charge in [-0.3, -0.25) is 0 Å². The van der Waals surface area contributed by atoms with Crippen molar-refractivity contribution in [3.63, 3.8) is 0 Å². The maximum atomic E-state index is 12.3. The van der Waals surface area contributed by atoms with Crippen LogP contribution in [-0.4, -0.2) is 73.1 Å². The smallest absolute Gasteiger partial charge is 0.410 e. The number of likely N-dealkylation sites (tertiary alicyclic amines) is 1. The Hall–Kier alpha value is -2.09. The highest BCUT2D eigenvalue weighted by molar-refractivity contribution is 5.67. The molecule has 3 fully saturated rings. The first-order valence-electron chi connectivity index (χ1n) is 11.0. The molecule has 0 saturated carbocycles. The molecule has 0 unspecified atom stereocenters. The van der Waals surface area contributed by atoms with Crippen molar-refractivity contribution < 1.29 is 19.0 Å². The summed E-state index contributed by atoms with van der Waals surface area (Å²) in [6.45, 7) is 5.53. The van der Waals surface area contributed by atoms with Gasteiger partial charge >= 0.3 is 6.09 Å². The third kappa shape index (κ3) is 5.72. The summed E-state index contributed by atoms with van der Waals surface area (Å²) in [5.74, 6) is 1.94. The summed E-state index contributed by atoms with van der Waals surface area (Å²) in [6, 6.07) is 0. The average molecular weight is 405 g/mol. The lowest BCUT2D eigenvalue weighted by atomic mass is 9.98. The minimum absolute atomic E-state index is 0.00351. The number of hydrogen-bond donors (Lipinski definition) is 0. The Morgan fingerprint density at radius 1 is 1.00 bits per heavy atom. The molecule has 29 heavy (non-hydrogen) atoms. The Balaban J connectivity index is 1.16. The molecule has 0 bridgehead atoms. The molecule has 3 aliphatic heterocycles. The van der Waals surface area contributed by atoms with Gasteiger partial charge in [0.05, 0.1) is 32.2 Å². The average Bonchev–Trinajstić information content (AvgIpc) is 2.80. The second kappa shape index (κ2) is 10.1. The highest BCUT2D eigenvalue weighted by Gasteiger charge is 2.27. The van der Waals surface area contributed by atoms with E-state index in [4.69, 9.17) is 14.2 Å². The van der Waals surface area contributed by atoms with Gasteiger partial charge in [-0.1, -0.05) is 0 Å². The lowest BCUT2D eigenvalue weighted by Gasteiger charge is -2.33. The van der Waals surface area contributed by atoms with Crippen molar-refractivity contribution in [3.05, 3.63) is 12.4 Å². The van der Waals surface area contributed by atoms with Crippen LogP contribution in [0.1, 0.15) is 44.9 Å². The van der Waals surface area contributed by atoms with Crippen LogP contribution in [-0.2, 0) is 9.47 Å². The van der Waals surface area contributed by atoms with E-state index in [1.165, 1.54) is 19.3 Å². The molecule has 0 N–H and O–H groups in total. The van der Waals surface area contributed by atoms with Gasteiger partial charge in [-0.15, -0.1) is 0 Å². The predicted octanol–water partition coefficient (Wildman–Crippen LogP) is 2.87. The van der Waals surface area contributed by atoms with Crippen molar-refractivity contribution in [2.75, 3.05) is 50.9 Å². The van der Waals surface area contributed by atoms with Crippen LogP contribution in [0.4, 0.5) is 10.6 Å². The van der Waals surface area contributed by atoms with Crippen molar-refractivity contribution in [2.45, 2.75) is 51.0 Å². The lowest BCUT2D eigenvalue weighted by molar-refractivity contribution is -0.0137. The zero-order chi connectivity index (χ0) is 19.9. The molecule has 4 heterocycles. The largest absolute Gasteiger partial charge is 0.476 e. The molecule has 0 spiro atoms. The SMILES string of the molecule is O=C(OC1CCOCC1)N1CCC(COc2cnc(N3CCCCC3)cn2)CC1. The molecule has 3 aliphatic rings. The van der Waals surface area contributed by atoms with Crippen LogP contribution in [0.15, 0.2) is 12.4 Å². The van der Waals surface area contributed by atoms with Crippen molar-refractivity contribution >= 4 is 11.9 Å². The maximum absolute atomic E-state index is 12.3. The zero-order valence-electron chi connectivity index (χ0n) is 17.1. The van der Waals surface area contributed by atoms with Gasteiger partial charge in [-0.2, -0.15) is 0 Å². The van der Waals surface area contributed by atoms with Crippen LogP contribution in [0.5, 0.6) is 5.88 Å². The molecule has 1 aromatic heterocycles. The highest BCUT2D eigenvalue weighted by atomic mass is 16.6. The Labute approximate surface area is 172 Å². The van der Waals surface area contributed by atoms with Crippen LogP contribution < -0.4 is 9.64 Å². The third-order valence-corrected chi connectivity index (χ3v) is 6.07. The van der Waals surface area contributed by atoms with Crippen LogP contribution in [0.25, 0.3) is 0 Å². The first-order chi connectivity index (χ1) is 14.3. The summed E-state index contributed by atoms with van der Waals surface area (Å²) >= 11 is 0. The lowest BCUT2D eigenvalue weighted by Crippen LogP contribution is -2.42. The molecule has 0 atom stereocenters. The molecule has 4 rings (SSSR count). The minimum atomic E-state index is -0.185. The Morgan fingerprint density at radius 2 is 1.76 bits per heavy atom. The van der Waals surface area contributed by atoms with E-state index in [0.717, 1.165) is 57.7 Å². The van der Waals surface area contributed by atoms with Gasteiger partial charge in [0.25, 0.3) is 0 Å². The molecule has 0 aromatic carbocycles. The fraction of sp³-hybridized carbons (Fsp3) is 0.762. The van der Waals surface area contributed by atoms with Gasteiger partial charge in [0.2, 0.25) is 5.88 Å². The van der Waals surface area contributed by atoms with E-state index in [2.05, 4.69) is 14.9 Å². The zero-order valence-corrected chi connectivity index (χ0v) is 17.1. The second-order valence-electron chi connectivity index (χ2n) is 8.20. The van der Waals surface area contributed by atoms with Crippen LogP contribution in [0.2, 0.25) is 0 Å². The molecule has 1 amide bonds. The van der Waals surface area contributed by atoms with E-state index in [9.17, 15) is 4.79 Å². The molecular formula is C21H32N4O4. The van der Waals surface area contributed by atoms with Gasteiger partial charge in [-0.25, -0.2) is 14.8 Å². The number of piperidine rings is 2. The maximum Gasteiger partial charge on any atom is 0.410 e. The highest BCUT2D eigenvalue weighted by Crippen LogP contribution is 2.22. The molecule has 0 radical (unpaired) electrons. The first kappa shape index (κ1) is 20.2. The molecule has 8 heteroatoms. The Morgan fingerprint density at radius 3 is 2.45 bits per heavy atom. The molecule has 3 saturated heterocycles. The molecular weight excluding hydrogens is 372 g/mol. The predicted molar refractivity (Wildman–Crippen MR) is 108 cm³/mol. The van der Waals surface area contributed by atoms with Crippen LogP contribution in [0.3, 0.4) is 0 Å². The number of carbonyl (C=O) groups is 1. The van der Waals surface area contributed by atoms with E-state index >= 15 is 0 Å². The van der Waals surface area contributed by atoms with Crippen molar-refractivity contribution in [1.82, 2.24) is 14.9 Å². The van der Waals surface area contributed by atoms with E-state index in [1.807, 2.05) is 11.1 Å². The number of anilines is 1. The first-order valence-corrected chi connectivity index (χ1v) is 11.0. The van der Waals surface area contributed by atoms with Gasteiger partial charge in [-0.05, 0) is 38.0 Å². The number of nitrogens with zero attached hydrogens (tertiary/aromatic N) is 4. The van der Waals surface area contributed by atoms with E-state index in [-0.39, 0.29) is 12.2 Å². The number of rotatable bonds is 5. The second-order valence-corrected chi connectivity index (χ2v) is 8.20. The molecule has 0 aliphatic carbocycles. The third-order valence-electron chi connectivity index (χ3n) is 6.07. The standard InChI is InChI=1S/C21H32N4O4/c26-21(29-18-6-12-27-13-7-18)25-10-4-17(5-11-25)16-28-20-15-22-19(14-23-20)24-8-2-1-3-9-24/h14-15,17-18H,1-13,16H2. The number of hydrogen-bond acceptors (Lipinski definition) is 7. The fourth-order valence-electron chi connectivity index (χ4n) is 4.17. The van der Waals surface area contributed by atoms with E-state index < -0.39 is 0 Å². The monoisotopic (exact) mass is 404 g/mol. The summed E-state index contributed by atoms with van der Waals surface area (Å²) in [4.78, 5) is 25.4. The summed E-state index contributed by atoms with van der Waals surface area (Å²) in [5, 5.41) is 0. The van der Waals surface area contributed by atoms with Gasteiger partial charge in [0, 0.05) is 39.0 Å². The van der Waals surface area contributed by atoms with E-state index in [0.29, 0.717) is 31.6 Å². The van der Waals surface area contributed by atoms with Crippen molar-refractivity contribution in [3.8, 4) is 5.88 Å². The summed E-state index contributed by atoms with van der Waals surface area (Å²) < 4.78 is 16.8. The van der Waals surface area contributed by atoms with Crippen molar-refractivity contribution in [1.29, 1.82) is 0 Å². The molecule has 160 valence electrons. The number of amides is 1. The quantitative estimate of drug-likeness (QED) is 0.747. The number of ether oxygens (including phenoxy) is 3. The van der Waals surface area contributed by atoms with Crippen LogP contribution in [0, 0.1) is 5.92 Å². The molecule has 1 aromatic rings. The van der Waals surface area contributed by atoms with Gasteiger partial charge in [0.1, 0.15) is 11.9 Å². The summed E-state index contributed by atoms with van der Waals surface area (Å²) in [7, 11) is 0. The van der Waals surface area contributed by atoms with Crippen LogP contribution >= 0.6 is 0 Å². The normalized spacial score (nSPS) is 21.8. The Bertz CT molecular complexity index is 637. The van der Waals surface area contributed by atoms with E-state index in [1.54, 1.807) is 6.20 Å². The minimum Gasteiger partial charge on any atom is -0.476 e. The topological polar surface area (TPSA) is 77.0 Å². The summed E-state index contributed by atoms with van der Waals surface area (Å²) in [5.41, 5.74) is 0. The van der Waals surface area contributed by atoms with Crippen molar-refractivity contribution in [2.24, 2.45) is 5.92 Å². The molecule has 8 nitrogen and oxygen atoms in total. The number of carbonyl (C=O) groups excluding carboxylic acids is 1. The Kier molecular flexibility index (Phi) is 7.03. The van der Waals surface area contributed by atoms with Gasteiger partial charge in [0.15, 0.2) is 0 Å². The van der Waals surface area contributed by atoms with Gasteiger partial charge < -0.3 is 24.0 Å². The summed E-state index contributed by atoms with van der Waals surface area (Å²) in [6.07, 6.45) is 10.5.